The number of benzene rings is 1. The van der Waals surface area contributed by atoms with Crippen LogP contribution in [-0.2, 0) is 4.79 Å². The molecule has 2 fully saturated rings. The molecule has 2 amide bonds. The van der Waals surface area contributed by atoms with Gasteiger partial charge in [0, 0.05) is 18.8 Å². The summed E-state index contributed by atoms with van der Waals surface area (Å²) in [4.78, 5) is 24.8. The number of hydrogen-bond donors (Lipinski definition) is 2. The third-order valence-electron chi connectivity index (χ3n) is 4.87. The fourth-order valence-electron chi connectivity index (χ4n) is 3.11. The average Bonchev–Trinajstić information content (AvgIpc) is 2.47. The number of carboxylic acid groups (broad SMARTS) is 1. The maximum Gasteiger partial charge on any atom is 0.321 e. The lowest BCUT2D eigenvalue weighted by molar-refractivity contribution is -0.143. The van der Waals surface area contributed by atoms with E-state index in [4.69, 9.17) is 5.11 Å². The molecule has 0 unspecified atom stereocenters. The van der Waals surface area contributed by atoms with Gasteiger partial charge in [0.1, 0.15) is 0 Å². The zero-order valence-corrected chi connectivity index (χ0v) is 12.6. The van der Waals surface area contributed by atoms with Gasteiger partial charge < -0.3 is 15.3 Å². The number of nitrogens with zero attached hydrogens (tertiary/aromatic N) is 1. The van der Waals surface area contributed by atoms with Crippen molar-refractivity contribution in [2.24, 2.45) is 5.92 Å². The molecule has 3 rings (SSSR count). The molecule has 5 heteroatoms. The van der Waals surface area contributed by atoms with Gasteiger partial charge in [-0.3, -0.25) is 4.79 Å². The van der Waals surface area contributed by atoms with E-state index < -0.39 is 5.97 Å². The quantitative estimate of drug-likeness (QED) is 0.900. The Morgan fingerprint density at radius 2 is 1.68 bits per heavy atom. The Balaban J connectivity index is 1.52. The Morgan fingerprint density at radius 3 is 2.18 bits per heavy atom. The second kappa shape index (κ2) is 6.38. The number of amides is 2. The fourth-order valence-corrected chi connectivity index (χ4v) is 3.11. The number of piperidine rings is 1. The van der Waals surface area contributed by atoms with Gasteiger partial charge in [-0.15, -0.1) is 0 Å². The van der Waals surface area contributed by atoms with Crippen molar-refractivity contribution in [3.05, 3.63) is 29.8 Å². The van der Waals surface area contributed by atoms with Gasteiger partial charge in [0.05, 0.1) is 5.92 Å². The van der Waals surface area contributed by atoms with E-state index in [9.17, 15) is 9.59 Å². The number of anilines is 1. The molecule has 1 heterocycles. The van der Waals surface area contributed by atoms with Crippen molar-refractivity contribution in [2.75, 3.05) is 18.4 Å². The molecular weight excluding hydrogens is 280 g/mol. The molecule has 0 bridgehead atoms. The number of likely N-dealkylation sites (tertiary alicyclic amines) is 1. The molecule has 1 aromatic carbocycles. The molecule has 1 aliphatic heterocycles. The predicted molar refractivity (Wildman–Crippen MR) is 84.0 cm³/mol. The summed E-state index contributed by atoms with van der Waals surface area (Å²) in [6.07, 6.45) is 4.91. The summed E-state index contributed by atoms with van der Waals surface area (Å²) in [7, 11) is 0. The lowest BCUT2D eigenvalue weighted by Crippen LogP contribution is -2.42. The average molecular weight is 302 g/mol. The maximum absolute atomic E-state index is 12.2. The highest BCUT2D eigenvalue weighted by Crippen LogP contribution is 2.36. The van der Waals surface area contributed by atoms with Gasteiger partial charge in [-0.1, -0.05) is 18.6 Å². The lowest BCUT2D eigenvalue weighted by Gasteiger charge is -2.30. The standard InChI is InChI=1S/C17H22N2O3/c20-16(21)14-8-10-19(11-9-14)17(22)18-15-6-4-13(5-7-15)12-2-1-3-12/h4-7,12,14H,1-3,8-11H2,(H,18,22)(H,20,21). The minimum Gasteiger partial charge on any atom is -0.481 e. The summed E-state index contributed by atoms with van der Waals surface area (Å²) >= 11 is 0. The number of rotatable bonds is 3. The molecule has 1 saturated heterocycles. The molecule has 2 aliphatic rings. The van der Waals surface area contributed by atoms with Crippen LogP contribution in [0.15, 0.2) is 24.3 Å². The van der Waals surface area contributed by atoms with Gasteiger partial charge in [0.15, 0.2) is 0 Å². The predicted octanol–water partition coefficient (Wildman–Crippen LogP) is 3.28. The van der Waals surface area contributed by atoms with Crippen LogP contribution in [0.25, 0.3) is 0 Å². The molecule has 0 aromatic heterocycles. The Labute approximate surface area is 130 Å². The van der Waals surface area contributed by atoms with Crippen LogP contribution >= 0.6 is 0 Å². The van der Waals surface area contributed by atoms with Gasteiger partial charge in [-0.25, -0.2) is 4.79 Å². The van der Waals surface area contributed by atoms with Gasteiger partial charge >= 0.3 is 12.0 Å². The zero-order valence-electron chi connectivity index (χ0n) is 12.6. The number of carbonyl (C=O) groups is 2. The zero-order chi connectivity index (χ0) is 15.5. The highest BCUT2D eigenvalue weighted by atomic mass is 16.4. The minimum absolute atomic E-state index is 0.139. The van der Waals surface area contributed by atoms with Crippen LogP contribution in [0.4, 0.5) is 10.5 Å². The van der Waals surface area contributed by atoms with Crippen LogP contribution in [0.1, 0.15) is 43.6 Å². The van der Waals surface area contributed by atoms with E-state index in [1.807, 2.05) is 12.1 Å². The van der Waals surface area contributed by atoms with Crippen LogP contribution < -0.4 is 5.32 Å². The van der Waals surface area contributed by atoms with E-state index in [0.29, 0.717) is 31.8 Å². The van der Waals surface area contributed by atoms with Crippen LogP contribution in [0.2, 0.25) is 0 Å². The highest BCUT2D eigenvalue weighted by Gasteiger charge is 2.27. The SMILES string of the molecule is O=C(O)C1CCN(C(=O)Nc2ccc(C3CCC3)cc2)CC1. The van der Waals surface area contributed by atoms with Crippen molar-refractivity contribution in [3.8, 4) is 0 Å². The number of carbonyl (C=O) groups excluding carboxylic acids is 1. The number of hydrogen-bond acceptors (Lipinski definition) is 2. The largest absolute Gasteiger partial charge is 0.481 e. The molecule has 1 saturated carbocycles. The summed E-state index contributed by atoms with van der Waals surface area (Å²) in [6.45, 7) is 1.01. The Morgan fingerprint density at radius 1 is 1.05 bits per heavy atom. The molecule has 1 aromatic rings. The van der Waals surface area contributed by atoms with Crippen LogP contribution in [-0.4, -0.2) is 35.1 Å². The normalized spacial score (nSPS) is 19.5. The van der Waals surface area contributed by atoms with Crippen molar-refractivity contribution in [1.82, 2.24) is 4.90 Å². The summed E-state index contributed by atoms with van der Waals surface area (Å²) in [5.74, 6) is -0.378. The lowest BCUT2D eigenvalue weighted by atomic mass is 9.80. The van der Waals surface area contributed by atoms with Crippen LogP contribution in [0.5, 0.6) is 0 Å². The molecule has 2 N–H and O–H groups in total. The summed E-state index contributed by atoms with van der Waals surface area (Å²) in [6, 6.07) is 7.96. The third-order valence-corrected chi connectivity index (χ3v) is 4.87. The smallest absolute Gasteiger partial charge is 0.321 e. The maximum atomic E-state index is 12.2. The topological polar surface area (TPSA) is 69.6 Å². The third kappa shape index (κ3) is 3.24. The van der Waals surface area contributed by atoms with Gasteiger partial charge in [0.2, 0.25) is 0 Å². The highest BCUT2D eigenvalue weighted by molar-refractivity contribution is 5.89. The van der Waals surface area contributed by atoms with E-state index >= 15 is 0 Å². The monoisotopic (exact) mass is 302 g/mol. The number of urea groups is 1. The first kappa shape index (κ1) is 14.9. The second-order valence-electron chi connectivity index (χ2n) is 6.28. The van der Waals surface area contributed by atoms with Gasteiger partial charge in [0.25, 0.3) is 0 Å². The van der Waals surface area contributed by atoms with Crippen LogP contribution in [0, 0.1) is 5.92 Å². The first-order chi connectivity index (χ1) is 10.6. The van der Waals surface area contributed by atoms with Gasteiger partial charge in [-0.05, 0) is 49.3 Å². The van der Waals surface area contributed by atoms with Crippen molar-refractivity contribution in [3.63, 3.8) is 0 Å². The number of nitrogens with one attached hydrogen (secondary N) is 1. The fraction of sp³-hybridized carbons (Fsp3) is 0.529. The first-order valence-corrected chi connectivity index (χ1v) is 8.02. The summed E-state index contributed by atoms with van der Waals surface area (Å²) in [5, 5.41) is 11.9. The number of carboxylic acids is 1. The molecule has 0 atom stereocenters. The van der Waals surface area contributed by atoms with E-state index in [1.165, 1.54) is 24.8 Å². The molecule has 0 radical (unpaired) electrons. The van der Waals surface area contributed by atoms with Crippen molar-refractivity contribution in [2.45, 2.75) is 38.0 Å². The second-order valence-corrected chi connectivity index (χ2v) is 6.28. The van der Waals surface area contributed by atoms with Gasteiger partial charge in [-0.2, -0.15) is 0 Å². The Bertz CT molecular complexity index is 544. The number of aliphatic carboxylic acids is 1. The summed E-state index contributed by atoms with van der Waals surface area (Å²) in [5.41, 5.74) is 2.15. The Hall–Kier alpha value is -2.04. The minimum atomic E-state index is -0.758. The molecule has 0 spiro atoms. The van der Waals surface area contributed by atoms with Crippen molar-refractivity contribution >= 4 is 17.7 Å². The van der Waals surface area contributed by atoms with E-state index in [0.717, 1.165) is 5.69 Å². The van der Waals surface area contributed by atoms with Crippen LogP contribution in [0.3, 0.4) is 0 Å². The Kier molecular flexibility index (Phi) is 4.32. The molecule has 5 nitrogen and oxygen atoms in total. The molecule has 22 heavy (non-hydrogen) atoms. The van der Waals surface area contributed by atoms with Crippen molar-refractivity contribution in [1.29, 1.82) is 0 Å². The van der Waals surface area contributed by atoms with E-state index in [1.54, 1.807) is 4.90 Å². The molecule has 118 valence electrons. The molecule has 1 aliphatic carbocycles. The van der Waals surface area contributed by atoms with Crippen molar-refractivity contribution < 1.29 is 14.7 Å². The summed E-state index contributed by atoms with van der Waals surface area (Å²) < 4.78 is 0. The van der Waals surface area contributed by atoms with E-state index in [-0.39, 0.29) is 11.9 Å². The molecular formula is C17H22N2O3. The first-order valence-electron chi connectivity index (χ1n) is 8.02. The van der Waals surface area contributed by atoms with E-state index in [2.05, 4.69) is 17.4 Å².